The van der Waals surface area contributed by atoms with Crippen molar-refractivity contribution in [1.29, 1.82) is 0 Å². The van der Waals surface area contributed by atoms with Crippen LogP contribution in [0.15, 0.2) is 0 Å². The van der Waals surface area contributed by atoms with Crippen molar-refractivity contribution in [2.45, 2.75) is 12.1 Å². The standard InChI is InChI=1S/2C3H7NO2S.Cu/c2*4-2(1-7)3(5)6;/h2*2,7H,1,4H2,(H,5,6);/q;;+2/p-2/t2*2-;/m00./s1. The summed E-state index contributed by atoms with van der Waals surface area (Å²) in [6.45, 7) is 0. The molecule has 0 saturated heterocycles. The molecular formula is C6H12CuN2O4S2. The van der Waals surface area contributed by atoms with Gasteiger partial charge in [0.1, 0.15) is 0 Å². The molecule has 15 heavy (non-hydrogen) atoms. The molecule has 0 rings (SSSR count). The van der Waals surface area contributed by atoms with Gasteiger partial charge in [0.2, 0.25) is 0 Å². The summed E-state index contributed by atoms with van der Waals surface area (Å²) in [5.74, 6) is -2.25. The fourth-order valence-corrected chi connectivity index (χ4v) is 0.447. The van der Waals surface area contributed by atoms with Gasteiger partial charge in [0.15, 0.2) is 0 Å². The van der Waals surface area contributed by atoms with E-state index in [1.54, 1.807) is 0 Å². The third-order valence-electron chi connectivity index (χ3n) is 0.999. The number of thiol groups is 2. The van der Waals surface area contributed by atoms with Gasteiger partial charge in [-0.2, -0.15) is 25.3 Å². The molecule has 9 heteroatoms. The number of carboxylic acid groups (broad SMARTS) is 2. The molecular weight excluding hydrogens is 292 g/mol. The van der Waals surface area contributed by atoms with Gasteiger partial charge in [-0.3, -0.25) is 0 Å². The zero-order chi connectivity index (χ0) is 11.7. The molecule has 0 aliphatic rings. The molecule has 0 saturated carbocycles. The van der Waals surface area contributed by atoms with Crippen LogP contribution >= 0.6 is 25.3 Å². The van der Waals surface area contributed by atoms with Crippen LogP contribution in [0.25, 0.3) is 0 Å². The van der Waals surface area contributed by atoms with Gasteiger partial charge in [0, 0.05) is 11.5 Å². The maximum absolute atomic E-state index is 9.65. The topological polar surface area (TPSA) is 132 Å². The van der Waals surface area contributed by atoms with Crippen molar-refractivity contribution in [3.63, 3.8) is 0 Å². The molecule has 0 aromatic heterocycles. The number of carbonyl (C=O) groups excluding carboxylic acids is 2. The third kappa shape index (κ3) is 14.1. The molecule has 0 heterocycles. The Kier molecular flexibility index (Phi) is 16.6. The number of rotatable bonds is 4. The van der Waals surface area contributed by atoms with Gasteiger partial charge >= 0.3 is 17.1 Å². The van der Waals surface area contributed by atoms with Crippen molar-refractivity contribution in [2.24, 2.45) is 11.5 Å². The van der Waals surface area contributed by atoms with Crippen molar-refractivity contribution < 1.29 is 36.9 Å². The van der Waals surface area contributed by atoms with E-state index < -0.39 is 24.0 Å². The summed E-state index contributed by atoms with van der Waals surface area (Å²) in [5, 5.41) is 19.3. The Morgan fingerprint density at radius 2 is 1.20 bits per heavy atom. The average molecular weight is 304 g/mol. The molecule has 4 N–H and O–H groups in total. The van der Waals surface area contributed by atoms with Crippen LogP contribution in [0.3, 0.4) is 0 Å². The van der Waals surface area contributed by atoms with E-state index in [0.29, 0.717) is 0 Å². The van der Waals surface area contributed by atoms with Crippen LogP contribution < -0.4 is 21.7 Å². The predicted octanol–water partition coefficient (Wildman–Crippen LogP) is -4.02. The smallest absolute Gasteiger partial charge is 0.548 e. The first kappa shape index (κ1) is 20.5. The minimum Gasteiger partial charge on any atom is -0.548 e. The molecule has 6 nitrogen and oxygen atoms in total. The average Bonchev–Trinajstić information content (AvgIpc) is 2.15. The van der Waals surface area contributed by atoms with Gasteiger partial charge < -0.3 is 31.3 Å². The zero-order valence-electron chi connectivity index (χ0n) is 7.55. The van der Waals surface area contributed by atoms with Gasteiger partial charge in [-0.1, -0.05) is 0 Å². The second-order valence-corrected chi connectivity index (χ2v) is 2.95. The summed E-state index contributed by atoms with van der Waals surface area (Å²) >= 11 is 7.22. The van der Waals surface area contributed by atoms with Crippen molar-refractivity contribution in [2.75, 3.05) is 11.5 Å². The Bertz CT molecular complexity index is 176. The van der Waals surface area contributed by atoms with Crippen molar-refractivity contribution in [3.05, 3.63) is 0 Å². The van der Waals surface area contributed by atoms with Crippen molar-refractivity contribution >= 4 is 37.2 Å². The maximum Gasteiger partial charge on any atom is 2.00 e. The fraction of sp³-hybridized carbons (Fsp3) is 0.667. The zero-order valence-corrected chi connectivity index (χ0v) is 10.3. The van der Waals surface area contributed by atoms with E-state index in [1.165, 1.54) is 0 Å². The monoisotopic (exact) mass is 303 g/mol. The number of hydrogen-bond donors (Lipinski definition) is 4. The predicted molar refractivity (Wildman–Crippen MR) is 53.7 cm³/mol. The molecule has 0 aromatic carbocycles. The molecule has 0 aliphatic heterocycles. The summed E-state index contributed by atoms with van der Waals surface area (Å²) in [6, 6.07) is -1.85. The molecule has 0 spiro atoms. The maximum atomic E-state index is 9.65. The largest absolute Gasteiger partial charge is 2.00 e. The number of hydrogen-bond acceptors (Lipinski definition) is 8. The van der Waals surface area contributed by atoms with E-state index in [9.17, 15) is 19.8 Å². The fourth-order valence-electron chi connectivity index (χ4n) is 0.149. The van der Waals surface area contributed by atoms with Gasteiger partial charge in [0.05, 0.1) is 24.0 Å². The molecule has 0 aliphatic carbocycles. The Morgan fingerprint density at radius 1 is 1.00 bits per heavy atom. The molecule has 1 radical (unpaired) electrons. The van der Waals surface area contributed by atoms with Crippen LogP contribution in [0.5, 0.6) is 0 Å². The molecule has 93 valence electrons. The number of aliphatic carboxylic acids is 2. The van der Waals surface area contributed by atoms with E-state index in [2.05, 4.69) is 25.3 Å². The Hall–Kier alpha value is 0.0795. The van der Waals surface area contributed by atoms with E-state index in [4.69, 9.17) is 11.5 Å². The van der Waals surface area contributed by atoms with E-state index in [-0.39, 0.29) is 28.6 Å². The Labute approximate surface area is 109 Å². The minimum atomic E-state index is -1.25. The van der Waals surface area contributed by atoms with Crippen LogP contribution in [0.2, 0.25) is 0 Å². The van der Waals surface area contributed by atoms with Gasteiger partial charge in [0.25, 0.3) is 0 Å². The van der Waals surface area contributed by atoms with Gasteiger partial charge in [-0.05, 0) is 0 Å². The van der Waals surface area contributed by atoms with Gasteiger partial charge in [-0.25, -0.2) is 0 Å². The minimum absolute atomic E-state index is 0. The summed E-state index contributed by atoms with van der Waals surface area (Å²) in [4.78, 5) is 19.3. The molecule has 0 bridgehead atoms. The summed E-state index contributed by atoms with van der Waals surface area (Å²) in [5.41, 5.74) is 9.75. The first-order chi connectivity index (χ1) is 6.36. The normalized spacial score (nSPS) is 12.5. The molecule has 0 aromatic rings. The third-order valence-corrected chi connectivity index (χ3v) is 1.79. The van der Waals surface area contributed by atoms with E-state index in [0.717, 1.165) is 0 Å². The van der Waals surface area contributed by atoms with Gasteiger partial charge in [-0.15, -0.1) is 0 Å². The summed E-state index contributed by atoms with van der Waals surface area (Å²) in [7, 11) is 0. The summed E-state index contributed by atoms with van der Waals surface area (Å²) in [6.07, 6.45) is 0. The molecule has 0 fully saturated rings. The summed E-state index contributed by atoms with van der Waals surface area (Å²) < 4.78 is 0. The van der Waals surface area contributed by atoms with Crippen LogP contribution in [0, 0.1) is 0 Å². The van der Waals surface area contributed by atoms with Crippen molar-refractivity contribution in [1.82, 2.24) is 0 Å². The first-order valence-corrected chi connectivity index (χ1v) is 4.77. The second-order valence-electron chi connectivity index (χ2n) is 2.22. The number of carboxylic acids is 2. The van der Waals surface area contributed by atoms with Crippen LogP contribution in [-0.4, -0.2) is 35.5 Å². The second kappa shape index (κ2) is 12.2. The SMILES string of the molecule is N[C@@H](CS)C(=O)[O-].N[C@@H](CS)C(=O)[O-].[Cu+2]. The number of nitrogens with two attached hydrogens (primary N) is 2. The van der Waals surface area contributed by atoms with Crippen molar-refractivity contribution in [3.8, 4) is 0 Å². The van der Waals surface area contributed by atoms with Crippen LogP contribution in [0.4, 0.5) is 0 Å². The van der Waals surface area contributed by atoms with E-state index in [1.807, 2.05) is 0 Å². The van der Waals surface area contributed by atoms with E-state index >= 15 is 0 Å². The molecule has 2 atom stereocenters. The molecule has 0 amide bonds. The Morgan fingerprint density at radius 3 is 1.20 bits per heavy atom. The quantitative estimate of drug-likeness (QED) is 0.309. The van der Waals surface area contributed by atoms with Crippen LogP contribution in [-0.2, 0) is 26.7 Å². The Balaban J connectivity index is -0.000000180. The first-order valence-electron chi connectivity index (χ1n) is 3.51. The molecule has 0 unspecified atom stereocenters. The number of carbonyl (C=O) groups is 2. The van der Waals surface area contributed by atoms with Crippen LogP contribution in [0.1, 0.15) is 0 Å².